The molecule has 1 atom stereocenters. The van der Waals surface area contributed by atoms with Crippen molar-refractivity contribution >= 4 is 16.0 Å². The van der Waals surface area contributed by atoms with Gasteiger partial charge in [-0.15, -0.1) is 6.58 Å². The number of allylic oxidation sites excluding steroid dienone is 1. The highest BCUT2D eigenvalue weighted by Crippen LogP contribution is 2.24. The Kier molecular flexibility index (Phi) is 5.00. The number of aryl methyl sites for hydroxylation is 1. The van der Waals surface area contributed by atoms with Crippen molar-refractivity contribution in [1.82, 2.24) is 4.72 Å². The minimum atomic E-state index is -3.95. The Balaban J connectivity index is 2.34. The Hall–Kier alpha value is -1.70. The highest BCUT2D eigenvalue weighted by molar-refractivity contribution is 7.89. The fraction of sp³-hybridized carbons (Fsp3) is 0.400. The number of hydrogen-bond donors (Lipinski definition) is 2. The second kappa shape index (κ2) is 6.60. The second-order valence-electron chi connectivity index (χ2n) is 5.23. The van der Waals surface area contributed by atoms with E-state index in [0.717, 1.165) is 0 Å². The van der Waals surface area contributed by atoms with E-state index in [2.05, 4.69) is 11.3 Å². The van der Waals surface area contributed by atoms with Crippen LogP contribution >= 0.6 is 0 Å². The quantitative estimate of drug-likeness (QED) is 0.738. The second-order valence-corrected chi connectivity index (χ2v) is 6.88. The highest BCUT2D eigenvalue weighted by Gasteiger charge is 2.46. The number of carboxylic acid groups (broad SMARTS) is 1. The van der Waals surface area contributed by atoms with Gasteiger partial charge in [0, 0.05) is 13.0 Å². The molecule has 1 saturated heterocycles. The number of benzene rings is 1. The monoisotopic (exact) mass is 325 g/mol. The molecule has 7 heteroatoms. The summed E-state index contributed by atoms with van der Waals surface area (Å²) in [6.45, 7) is 3.67. The summed E-state index contributed by atoms with van der Waals surface area (Å²) in [5.41, 5.74) is -0.959. The highest BCUT2D eigenvalue weighted by atomic mass is 32.2. The maximum absolute atomic E-state index is 12.6. The normalized spacial score (nSPS) is 21.6. The summed E-state index contributed by atoms with van der Waals surface area (Å²) in [6, 6.07) is 6.57. The molecule has 0 aromatic heterocycles. The summed E-state index contributed by atoms with van der Waals surface area (Å²) in [7, 11) is -3.95. The van der Waals surface area contributed by atoms with E-state index in [9.17, 15) is 18.3 Å². The summed E-state index contributed by atoms with van der Waals surface area (Å²) in [4.78, 5) is 11.6. The van der Waals surface area contributed by atoms with E-state index in [-0.39, 0.29) is 24.5 Å². The van der Waals surface area contributed by atoms with Gasteiger partial charge in [-0.05, 0) is 24.5 Å². The van der Waals surface area contributed by atoms with Crippen LogP contribution in [0.3, 0.4) is 0 Å². The molecule has 2 rings (SSSR count). The molecule has 0 aliphatic carbocycles. The largest absolute Gasteiger partial charge is 0.480 e. The third kappa shape index (κ3) is 3.37. The number of sulfonamides is 1. The molecule has 1 unspecified atom stereocenters. The van der Waals surface area contributed by atoms with Gasteiger partial charge in [-0.3, -0.25) is 4.79 Å². The van der Waals surface area contributed by atoms with E-state index < -0.39 is 21.5 Å². The van der Waals surface area contributed by atoms with Crippen LogP contribution in [0, 0.1) is 0 Å². The number of aliphatic carboxylic acids is 1. The summed E-state index contributed by atoms with van der Waals surface area (Å²) >= 11 is 0. The van der Waals surface area contributed by atoms with Crippen molar-refractivity contribution in [3.63, 3.8) is 0 Å². The molecule has 0 bridgehead atoms. The van der Waals surface area contributed by atoms with Crippen molar-refractivity contribution in [3.05, 3.63) is 42.5 Å². The molecule has 0 amide bonds. The minimum absolute atomic E-state index is 0.101. The summed E-state index contributed by atoms with van der Waals surface area (Å²) in [5, 5.41) is 9.36. The Labute approximate surface area is 129 Å². The van der Waals surface area contributed by atoms with Crippen molar-refractivity contribution in [2.24, 2.45) is 0 Å². The number of ether oxygens (including phenoxy) is 1. The fourth-order valence-corrected chi connectivity index (χ4v) is 4.05. The lowest BCUT2D eigenvalue weighted by atomic mass is 10.0. The zero-order valence-electron chi connectivity index (χ0n) is 12.1. The van der Waals surface area contributed by atoms with Crippen molar-refractivity contribution in [3.8, 4) is 0 Å². The van der Waals surface area contributed by atoms with Gasteiger partial charge in [0.15, 0.2) is 5.54 Å². The molecule has 0 radical (unpaired) electrons. The first-order valence-electron chi connectivity index (χ1n) is 6.95. The first-order valence-corrected chi connectivity index (χ1v) is 8.43. The van der Waals surface area contributed by atoms with Crippen LogP contribution in [0.2, 0.25) is 0 Å². The number of rotatable bonds is 7. The first kappa shape index (κ1) is 16.7. The Morgan fingerprint density at radius 3 is 2.77 bits per heavy atom. The molecule has 6 nitrogen and oxygen atoms in total. The summed E-state index contributed by atoms with van der Waals surface area (Å²) in [5.74, 6) is -1.22. The molecule has 120 valence electrons. The van der Waals surface area contributed by atoms with E-state index in [4.69, 9.17) is 4.74 Å². The molecule has 22 heavy (non-hydrogen) atoms. The Morgan fingerprint density at radius 2 is 2.18 bits per heavy atom. The lowest BCUT2D eigenvalue weighted by Gasteiger charge is -2.24. The van der Waals surface area contributed by atoms with Gasteiger partial charge in [0.05, 0.1) is 11.5 Å². The van der Waals surface area contributed by atoms with Crippen molar-refractivity contribution in [1.29, 1.82) is 0 Å². The molecular formula is C15H19NO5S. The third-order valence-corrected chi connectivity index (χ3v) is 5.28. The van der Waals surface area contributed by atoms with Gasteiger partial charge in [0.25, 0.3) is 0 Å². The molecule has 1 aromatic carbocycles. The van der Waals surface area contributed by atoms with E-state index >= 15 is 0 Å². The molecule has 1 fully saturated rings. The minimum Gasteiger partial charge on any atom is -0.480 e. The molecule has 0 saturated carbocycles. The smallest absolute Gasteiger partial charge is 0.327 e. The SMILES string of the molecule is C=CCCc1ccccc1S(=O)(=O)NC1(C(=O)O)CCOC1. The van der Waals surface area contributed by atoms with E-state index in [0.29, 0.717) is 18.4 Å². The van der Waals surface area contributed by atoms with Gasteiger partial charge < -0.3 is 9.84 Å². The van der Waals surface area contributed by atoms with Crippen LogP contribution in [0.15, 0.2) is 41.8 Å². The van der Waals surface area contributed by atoms with Gasteiger partial charge in [-0.25, -0.2) is 8.42 Å². The van der Waals surface area contributed by atoms with Gasteiger partial charge in [-0.2, -0.15) is 4.72 Å². The number of carbonyl (C=O) groups is 1. The standard InChI is InChI=1S/C15H19NO5S/c1-2-3-6-12-7-4-5-8-13(12)22(19,20)16-15(14(17)18)9-10-21-11-15/h2,4-5,7-8,16H,1,3,6,9-11H2,(H,17,18). The van der Waals surface area contributed by atoms with Crippen molar-refractivity contribution in [2.75, 3.05) is 13.2 Å². The predicted octanol–water partition coefficient (Wildman–Crippen LogP) is 1.33. The average molecular weight is 325 g/mol. The van der Waals surface area contributed by atoms with Crippen LogP contribution in [-0.2, 0) is 26.0 Å². The van der Waals surface area contributed by atoms with Crippen LogP contribution in [0.4, 0.5) is 0 Å². The van der Waals surface area contributed by atoms with Gasteiger partial charge in [0.1, 0.15) is 0 Å². The van der Waals surface area contributed by atoms with Gasteiger partial charge >= 0.3 is 5.97 Å². The number of hydrogen-bond acceptors (Lipinski definition) is 4. The maximum atomic E-state index is 12.6. The lowest BCUT2D eigenvalue weighted by Crippen LogP contribution is -2.55. The molecule has 0 spiro atoms. The van der Waals surface area contributed by atoms with Crippen LogP contribution in [0.5, 0.6) is 0 Å². The number of carboxylic acids is 1. The van der Waals surface area contributed by atoms with E-state index in [1.807, 2.05) is 0 Å². The fourth-order valence-electron chi connectivity index (χ4n) is 2.40. The zero-order chi connectivity index (χ0) is 16.2. The molecule has 1 aromatic rings. The van der Waals surface area contributed by atoms with Crippen molar-refractivity contribution < 1.29 is 23.1 Å². The zero-order valence-corrected chi connectivity index (χ0v) is 12.9. The predicted molar refractivity (Wildman–Crippen MR) is 81.1 cm³/mol. The van der Waals surface area contributed by atoms with Gasteiger partial charge in [0.2, 0.25) is 10.0 Å². The molecule has 1 heterocycles. The van der Waals surface area contributed by atoms with Crippen LogP contribution in [0.1, 0.15) is 18.4 Å². The van der Waals surface area contributed by atoms with Crippen LogP contribution < -0.4 is 4.72 Å². The lowest BCUT2D eigenvalue weighted by molar-refractivity contribution is -0.144. The maximum Gasteiger partial charge on any atom is 0.327 e. The third-order valence-electron chi connectivity index (χ3n) is 3.64. The van der Waals surface area contributed by atoms with E-state index in [1.54, 1.807) is 24.3 Å². The number of nitrogens with one attached hydrogen (secondary N) is 1. The molecule has 1 aliphatic rings. The molecule has 1 aliphatic heterocycles. The van der Waals surface area contributed by atoms with Gasteiger partial charge in [-0.1, -0.05) is 24.3 Å². The van der Waals surface area contributed by atoms with E-state index in [1.165, 1.54) is 6.07 Å². The average Bonchev–Trinajstić information content (AvgIpc) is 2.94. The summed E-state index contributed by atoms with van der Waals surface area (Å²) < 4.78 is 32.7. The molecular weight excluding hydrogens is 306 g/mol. The van der Waals surface area contributed by atoms with Crippen LogP contribution in [0.25, 0.3) is 0 Å². The molecule has 2 N–H and O–H groups in total. The Morgan fingerprint density at radius 1 is 1.45 bits per heavy atom. The Bertz CT molecular complexity index is 662. The summed E-state index contributed by atoms with van der Waals surface area (Å²) in [6.07, 6.45) is 2.98. The van der Waals surface area contributed by atoms with Crippen molar-refractivity contribution in [2.45, 2.75) is 29.7 Å². The van der Waals surface area contributed by atoms with Crippen LogP contribution in [-0.4, -0.2) is 38.2 Å². The topological polar surface area (TPSA) is 92.7 Å². The first-order chi connectivity index (χ1) is 10.4.